The van der Waals surface area contributed by atoms with Crippen molar-refractivity contribution in [2.45, 2.75) is 51.0 Å². The third-order valence-electron chi connectivity index (χ3n) is 7.90. The Morgan fingerprint density at radius 1 is 1.21 bits per heavy atom. The highest BCUT2D eigenvalue weighted by molar-refractivity contribution is 5.94. The van der Waals surface area contributed by atoms with Crippen LogP contribution < -0.4 is 4.74 Å². The van der Waals surface area contributed by atoms with Crippen molar-refractivity contribution < 1.29 is 9.53 Å². The number of ether oxygens (including phenoxy) is 1. The lowest BCUT2D eigenvalue weighted by Gasteiger charge is -2.54. The molecule has 1 saturated carbocycles. The quantitative estimate of drug-likeness (QED) is 0.467. The van der Waals surface area contributed by atoms with Crippen molar-refractivity contribution in [2.75, 3.05) is 33.3 Å². The number of likely N-dealkylation sites (tertiary alicyclic amines) is 1. The minimum absolute atomic E-state index is 0.0569. The predicted octanol–water partition coefficient (Wildman–Crippen LogP) is 5.79. The number of nitrogens with zero attached hydrogens (tertiary/aromatic N) is 2. The number of carbonyl (C=O) groups excluding carboxylic acids is 1. The van der Waals surface area contributed by atoms with E-state index in [2.05, 4.69) is 48.4 Å². The molecule has 2 aromatic rings. The van der Waals surface area contributed by atoms with Gasteiger partial charge in [-0.3, -0.25) is 9.69 Å². The zero-order valence-electron chi connectivity index (χ0n) is 21.1. The fourth-order valence-corrected chi connectivity index (χ4v) is 6.27. The van der Waals surface area contributed by atoms with Gasteiger partial charge in [0.2, 0.25) is 0 Å². The molecule has 0 N–H and O–H groups in total. The molecule has 0 aromatic heterocycles. The second kappa shape index (κ2) is 10.8. The topological polar surface area (TPSA) is 32.8 Å². The maximum absolute atomic E-state index is 13.7. The summed E-state index contributed by atoms with van der Waals surface area (Å²) < 4.78 is 5.62. The van der Waals surface area contributed by atoms with E-state index in [1.54, 1.807) is 7.11 Å². The van der Waals surface area contributed by atoms with Gasteiger partial charge in [-0.15, -0.1) is 6.58 Å². The summed E-state index contributed by atoms with van der Waals surface area (Å²) in [5.41, 5.74) is 2.22. The summed E-state index contributed by atoms with van der Waals surface area (Å²) in [7, 11) is 1.74. The van der Waals surface area contributed by atoms with Gasteiger partial charge in [0.05, 0.1) is 7.11 Å². The minimum atomic E-state index is 0.0569. The third kappa shape index (κ3) is 5.07. The van der Waals surface area contributed by atoms with Crippen molar-refractivity contribution in [1.29, 1.82) is 0 Å². The second-order valence-corrected chi connectivity index (χ2v) is 10.5. The standard InChI is InChI=1S/C30H40N2O2/c1-5-17-31-18-16-30(25-12-9-13-28(19-25)34-4)20-27(15-14-26(30)22-31)32(21-23(2)3)29(33)24-10-7-6-8-11-24/h5-13,19,23,26-27H,1,14-18,20-22H2,2-4H3/t26-,27-,30+/m1/s1. The van der Waals surface area contributed by atoms with Gasteiger partial charge in [-0.05, 0) is 73.9 Å². The Hall–Kier alpha value is -2.59. The molecule has 4 heteroatoms. The van der Waals surface area contributed by atoms with Crippen LogP contribution in [0.2, 0.25) is 0 Å². The smallest absolute Gasteiger partial charge is 0.254 e. The lowest BCUT2D eigenvalue weighted by Crippen LogP contribution is -2.57. The van der Waals surface area contributed by atoms with Gasteiger partial charge >= 0.3 is 0 Å². The Bertz CT molecular complexity index is 973. The van der Waals surface area contributed by atoms with Gasteiger partial charge in [0.25, 0.3) is 5.91 Å². The molecule has 0 bridgehead atoms. The molecular formula is C30H40N2O2. The number of amides is 1. The van der Waals surface area contributed by atoms with E-state index in [9.17, 15) is 4.79 Å². The van der Waals surface area contributed by atoms with Crippen molar-refractivity contribution in [3.05, 3.63) is 78.4 Å². The second-order valence-electron chi connectivity index (χ2n) is 10.5. The van der Waals surface area contributed by atoms with Gasteiger partial charge in [-0.1, -0.05) is 50.3 Å². The van der Waals surface area contributed by atoms with E-state index in [4.69, 9.17) is 4.74 Å². The molecule has 1 saturated heterocycles. The molecular weight excluding hydrogens is 420 g/mol. The monoisotopic (exact) mass is 460 g/mol. The van der Waals surface area contributed by atoms with Crippen molar-refractivity contribution in [3.63, 3.8) is 0 Å². The predicted molar refractivity (Wildman–Crippen MR) is 139 cm³/mol. The molecule has 1 aliphatic heterocycles. The van der Waals surface area contributed by atoms with E-state index in [-0.39, 0.29) is 17.4 Å². The first-order chi connectivity index (χ1) is 16.5. The fraction of sp³-hybridized carbons (Fsp3) is 0.500. The normalized spacial score (nSPS) is 24.9. The number of methoxy groups -OCH3 is 1. The first-order valence-electron chi connectivity index (χ1n) is 12.8. The van der Waals surface area contributed by atoms with E-state index in [0.29, 0.717) is 11.8 Å². The van der Waals surface area contributed by atoms with Gasteiger partial charge < -0.3 is 9.64 Å². The SMILES string of the molecule is C=CCN1CC[C@@]2(c3cccc(OC)c3)C[C@H](N(CC(C)C)C(=O)c3ccccc3)CC[C@@H]2C1. The molecule has 1 aliphatic carbocycles. The molecule has 2 aliphatic rings. The first kappa shape index (κ1) is 24.5. The molecule has 4 nitrogen and oxygen atoms in total. The Labute approximate surface area is 205 Å². The van der Waals surface area contributed by atoms with Gasteiger partial charge in [0, 0.05) is 36.7 Å². The van der Waals surface area contributed by atoms with Gasteiger partial charge in [0.15, 0.2) is 0 Å². The Kier molecular flexibility index (Phi) is 7.77. The molecule has 2 fully saturated rings. The fourth-order valence-electron chi connectivity index (χ4n) is 6.27. The highest BCUT2D eigenvalue weighted by atomic mass is 16.5. The highest BCUT2D eigenvalue weighted by Gasteiger charge is 2.49. The van der Waals surface area contributed by atoms with Crippen molar-refractivity contribution in [2.24, 2.45) is 11.8 Å². The van der Waals surface area contributed by atoms with E-state index in [0.717, 1.165) is 63.2 Å². The van der Waals surface area contributed by atoms with Crippen molar-refractivity contribution >= 4 is 5.91 Å². The number of hydrogen-bond acceptors (Lipinski definition) is 3. The molecule has 1 amide bonds. The van der Waals surface area contributed by atoms with E-state index >= 15 is 0 Å². The highest BCUT2D eigenvalue weighted by Crippen LogP contribution is 2.50. The van der Waals surface area contributed by atoms with Crippen molar-refractivity contribution in [3.8, 4) is 5.75 Å². The lowest BCUT2D eigenvalue weighted by atomic mass is 9.57. The van der Waals surface area contributed by atoms with Gasteiger partial charge in [-0.2, -0.15) is 0 Å². The van der Waals surface area contributed by atoms with Crippen LogP contribution in [0.3, 0.4) is 0 Å². The number of rotatable bonds is 8. The van der Waals surface area contributed by atoms with E-state index in [1.807, 2.05) is 42.5 Å². The number of piperidine rings is 1. The average Bonchev–Trinajstić information content (AvgIpc) is 2.87. The molecule has 4 rings (SSSR count). The largest absolute Gasteiger partial charge is 0.497 e. The van der Waals surface area contributed by atoms with Crippen LogP contribution in [0, 0.1) is 11.8 Å². The van der Waals surface area contributed by atoms with Crippen LogP contribution in [0.15, 0.2) is 67.3 Å². The number of fused-ring (bicyclic) bond motifs is 1. The van der Waals surface area contributed by atoms with Crippen LogP contribution in [0.4, 0.5) is 0 Å². The molecule has 0 spiro atoms. The zero-order valence-corrected chi connectivity index (χ0v) is 21.1. The van der Waals surface area contributed by atoms with Crippen LogP contribution >= 0.6 is 0 Å². The van der Waals surface area contributed by atoms with Crippen molar-refractivity contribution in [1.82, 2.24) is 9.80 Å². The average molecular weight is 461 g/mol. The Morgan fingerprint density at radius 2 is 2.00 bits per heavy atom. The maximum atomic E-state index is 13.7. The molecule has 34 heavy (non-hydrogen) atoms. The summed E-state index contributed by atoms with van der Waals surface area (Å²) in [6.07, 6.45) is 6.32. The lowest BCUT2D eigenvalue weighted by molar-refractivity contribution is 0.0138. The van der Waals surface area contributed by atoms with Gasteiger partial charge in [0.1, 0.15) is 5.75 Å². The first-order valence-corrected chi connectivity index (χ1v) is 12.8. The summed E-state index contributed by atoms with van der Waals surface area (Å²) in [5.74, 6) is 2.08. The van der Waals surface area contributed by atoms with E-state index < -0.39 is 0 Å². The molecule has 0 radical (unpaired) electrons. The minimum Gasteiger partial charge on any atom is -0.497 e. The van der Waals surface area contributed by atoms with Crippen LogP contribution in [-0.2, 0) is 5.41 Å². The van der Waals surface area contributed by atoms with Gasteiger partial charge in [-0.25, -0.2) is 0 Å². The summed E-state index contributed by atoms with van der Waals surface area (Å²) in [5, 5.41) is 0. The summed E-state index contributed by atoms with van der Waals surface area (Å²) >= 11 is 0. The molecule has 182 valence electrons. The van der Waals surface area contributed by atoms with Crippen LogP contribution in [0.1, 0.15) is 55.5 Å². The molecule has 0 unspecified atom stereocenters. The zero-order chi connectivity index (χ0) is 24.1. The molecule has 3 atom stereocenters. The van der Waals surface area contributed by atoms with E-state index in [1.165, 1.54) is 5.56 Å². The maximum Gasteiger partial charge on any atom is 0.254 e. The summed E-state index contributed by atoms with van der Waals surface area (Å²) in [6.45, 7) is 12.3. The molecule has 2 aromatic carbocycles. The Morgan fingerprint density at radius 3 is 2.71 bits per heavy atom. The Balaban J connectivity index is 1.69. The number of hydrogen-bond donors (Lipinski definition) is 0. The summed E-state index contributed by atoms with van der Waals surface area (Å²) in [4.78, 5) is 18.4. The third-order valence-corrected chi connectivity index (χ3v) is 7.90. The van der Waals surface area contributed by atoms with Crippen LogP contribution in [-0.4, -0.2) is 55.0 Å². The number of carbonyl (C=O) groups is 1. The number of benzene rings is 2. The van der Waals surface area contributed by atoms with Crippen LogP contribution in [0.25, 0.3) is 0 Å². The van der Waals surface area contributed by atoms with Crippen LogP contribution in [0.5, 0.6) is 5.75 Å². The molecule has 1 heterocycles. The summed E-state index contributed by atoms with van der Waals surface area (Å²) in [6, 6.07) is 18.7.